The molecule has 2 aromatic heterocycles. The van der Waals surface area contributed by atoms with Crippen LogP contribution in [0.3, 0.4) is 0 Å². The van der Waals surface area contributed by atoms with E-state index in [1.54, 1.807) is 0 Å². The lowest BCUT2D eigenvalue weighted by Gasteiger charge is -2.01. The third-order valence-corrected chi connectivity index (χ3v) is 2.84. The van der Waals surface area contributed by atoms with E-state index in [0.29, 0.717) is 23.6 Å². The molecule has 0 aliphatic rings. The molecule has 0 unspecified atom stereocenters. The smallest absolute Gasteiger partial charge is 0.280 e. The van der Waals surface area contributed by atoms with Gasteiger partial charge in [0.15, 0.2) is 11.2 Å². The van der Waals surface area contributed by atoms with Gasteiger partial charge in [0.1, 0.15) is 5.82 Å². The summed E-state index contributed by atoms with van der Waals surface area (Å²) in [5, 5.41) is 0. The van der Waals surface area contributed by atoms with Gasteiger partial charge >= 0.3 is 0 Å². The molecule has 7 nitrogen and oxygen atoms in total. The van der Waals surface area contributed by atoms with E-state index in [4.69, 9.17) is 11.5 Å². The van der Waals surface area contributed by atoms with Crippen molar-refractivity contribution >= 4 is 22.8 Å². The minimum atomic E-state index is -0.356. The summed E-state index contributed by atoms with van der Waals surface area (Å²) in [5.74, 6) is 0.684. The Bertz CT molecular complexity index is 803. The summed E-state index contributed by atoms with van der Waals surface area (Å²) in [7, 11) is 0. The predicted molar refractivity (Wildman–Crippen MR) is 72.6 cm³/mol. The molecule has 2 heterocycles. The monoisotopic (exact) mass is 256 g/mol. The normalized spacial score (nSPS) is 10.9. The maximum Gasteiger partial charge on any atom is 0.280 e. The molecule has 3 rings (SSSR count). The second-order valence-corrected chi connectivity index (χ2v) is 4.21. The van der Waals surface area contributed by atoms with Crippen LogP contribution in [0.2, 0.25) is 0 Å². The van der Waals surface area contributed by atoms with E-state index in [9.17, 15) is 4.79 Å². The van der Waals surface area contributed by atoms with E-state index in [0.717, 1.165) is 5.56 Å². The number of hydrogen-bond donors (Lipinski definition) is 4. The predicted octanol–water partition coefficient (Wildman–Crippen LogP) is 0.401. The third-order valence-electron chi connectivity index (χ3n) is 2.84. The van der Waals surface area contributed by atoms with E-state index in [1.165, 1.54) is 0 Å². The fraction of sp³-hybridized carbons (Fsp3) is 0.0833. The zero-order valence-corrected chi connectivity index (χ0v) is 9.97. The number of nitrogens with one attached hydrogen (secondary N) is 2. The maximum absolute atomic E-state index is 11.6. The van der Waals surface area contributed by atoms with Crippen LogP contribution in [-0.4, -0.2) is 19.9 Å². The van der Waals surface area contributed by atoms with E-state index < -0.39 is 0 Å². The third kappa shape index (κ3) is 2.01. The van der Waals surface area contributed by atoms with E-state index in [1.807, 2.05) is 24.3 Å². The first-order valence-electron chi connectivity index (χ1n) is 5.71. The molecule has 0 radical (unpaired) electrons. The summed E-state index contributed by atoms with van der Waals surface area (Å²) >= 11 is 0. The number of nitrogens with two attached hydrogens (primary N) is 2. The molecule has 0 amide bonds. The SMILES string of the molecule is Nc1nc2[nH]c(Cc3ccccc3N)nc2c(=O)[nH]1. The highest BCUT2D eigenvalue weighted by Crippen LogP contribution is 2.15. The van der Waals surface area contributed by atoms with Crippen molar-refractivity contribution in [1.29, 1.82) is 0 Å². The Morgan fingerprint density at radius 1 is 1.11 bits per heavy atom. The molecule has 0 spiro atoms. The van der Waals surface area contributed by atoms with Crippen LogP contribution in [-0.2, 0) is 6.42 Å². The van der Waals surface area contributed by atoms with Gasteiger partial charge in [0.25, 0.3) is 5.56 Å². The van der Waals surface area contributed by atoms with Gasteiger partial charge in [0.2, 0.25) is 5.95 Å². The molecular formula is C12H12N6O. The van der Waals surface area contributed by atoms with Crippen molar-refractivity contribution in [2.24, 2.45) is 0 Å². The van der Waals surface area contributed by atoms with Crippen LogP contribution in [0, 0.1) is 0 Å². The van der Waals surface area contributed by atoms with Gasteiger partial charge in [-0.2, -0.15) is 4.98 Å². The summed E-state index contributed by atoms with van der Waals surface area (Å²) in [6.07, 6.45) is 0.502. The van der Waals surface area contributed by atoms with Crippen molar-refractivity contribution in [2.45, 2.75) is 6.42 Å². The first kappa shape index (κ1) is 11.3. The molecule has 0 saturated carbocycles. The second kappa shape index (κ2) is 4.13. The molecular weight excluding hydrogens is 244 g/mol. The number of nitrogens with zero attached hydrogens (tertiary/aromatic N) is 2. The van der Waals surface area contributed by atoms with Gasteiger partial charge in [0.05, 0.1) is 0 Å². The quantitative estimate of drug-likeness (QED) is 0.494. The molecule has 0 bridgehead atoms. The first-order valence-corrected chi connectivity index (χ1v) is 5.71. The number of hydrogen-bond acceptors (Lipinski definition) is 5. The van der Waals surface area contributed by atoms with Crippen LogP contribution in [0.25, 0.3) is 11.2 Å². The number of H-pyrrole nitrogens is 2. The minimum absolute atomic E-state index is 0.0620. The van der Waals surface area contributed by atoms with Crippen molar-refractivity contribution in [1.82, 2.24) is 19.9 Å². The van der Waals surface area contributed by atoms with Crippen LogP contribution in [0.15, 0.2) is 29.1 Å². The highest BCUT2D eigenvalue weighted by Gasteiger charge is 2.10. The second-order valence-electron chi connectivity index (χ2n) is 4.21. The molecule has 0 aliphatic carbocycles. The van der Waals surface area contributed by atoms with Crippen molar-refractivity contribution in [3.63, 3.8) is 0 Å². The van der Waals surface area contributed by atoms with Crippen LogP contribution in [0.5, 0.6) is 0 Å². The largest absolute Gasteiger partial charge is 0.398 e. The lowest BCUT2D eigenvalue weighted by Crippen LogP contribution is -2.10. The van der Waals surface area contributed by atoms with Gasteiger partial charge < -0.3 is 16.5 Å². The fourth-order valence-electron chi connectivity index (χ4n) is 1.93. The lowest BCUT2D eigenvalue weighted by atomic mass is 10.1. The zero-order valence-electron chi connectivity index (χ0n) is 9.97. The number of imidazole rings is 1. The van der Waals surface area contributed by atoms with Crippen molar-refractivity contribution in [3.8, 4) is 0 Å². The van der Waals surface area contributed by atoms with Gasteiger partial charge in [0, 0.05) is 12.1 Å². The Balaban J connectivity index is 2.05. The molecule has 19 heavy (non-hydrogen) atoms. The molecule has 0 saturated heterocycles. The Morgan fingerprint density at radius 2 is 1.89 bits per heavy atom. The van der Waals surface area contributed by atoms with Gasteiger partial charge in [-0.05, 0) is 11.6 Å². The first-order chi connectivity index (χ1) is 9.13. The van der Waals surface area contributed by atoms with Crippen LogP contribution >= 0.6 is 0 Å². The number of para-hydroxylation sites is 1. The Hall–Kier alpha value is -2.83. The van der Waals surface area contributed by atoms with E-state index in [2.05, 4.69) is 19.9 Å². The van der Waals surface area contributed by atoms with Gasteiger partial charge in [-0.25, -0.2) is 4.98 Å². The Morgan fingerprint density at radius 3 is 2.68 bits per heavy atom. The Kier molecular flexibility index (Phi) is 2.45. The number of benzene rings is 1. The highest BCUT2D eigenvalue weighted by atomic mass is 16.1. The molecule has 6 N–H and O–H groups in total. The number of aromatic nitrogens is 4. The Labute approximate surface area is 107 Å². The van der Waals surface area contributed by atoms with E-state index in [-0.39, 0.29) is 17.0 Å². The van der Waals surface area contributed by atoms with Gasteiger partial charge in [-0.15, -0.1) is 0 Å². The zero-order chi connectivity index (χ0) is 13.4. The maximum atomic E-state index is 11.6. The summed E-state index contributed by atoms with van der Waals surface area (Å²) in [5.41, 5.74) is 13.2. The van der Waals surface area contributed by atoms with Crippen molar-refractivity contribution < 1.29 is 0 Å². The number of anilines is 2. The molecule has 0 fully saturated rings. The van der Waals surface area contributed by atoms with E-state index >= 15 is 0 Å². The van der Waals surface area contributed by atoms with Gasteiger partial charge in [-0.1, -0.05) is 18.2 Å². The molecule has 96 valence electrons. The average Bonchev–Trinajstić information content (AvgIpc) is 2.75. The number of nitrogen functional groups attached to an aromatic ring is 2. The number of fused-ring (bicyclic) bond motifs is 1. The summed E-state index contributed by atoms with van der Waals surface area (Å²) in [6, 6.07) is 7.50. The lowest BCUT2D eigenvalue weighted by molar-refractivity contribution is 1.04. The molecule has 7 heteroatoms. The highest BCUT2D eigenvalue weighted by molar-refractivity contribution is 5.70. The van der Waals surface area contributed by atoms with Crippen LogP contribution < -0.4 is 17.0 Å². The number of rotatable bonds is 2. The van der Waals surface area contributed by atoms with Crippen molar-refractivity contribution in [3.05, 3.63) is 46.0 Å². The summed E-state index contributed by atoms with van der Waals surface area (Å²) in [4.78, 5) is 25.2. The molecule has 1 aromatic carbocycles. The van der Waals surface area contributed by atoms with Crippen LogP contribution in [0.4, 0.5) is 11.6 Å². The van der Waals surface area contributed by atoms with Gasteiger partial charge in [-0.3, -0.25) is 9.78 Å². The van der Waals surface area contributed by atoms with Crippen molar-refractivity contribution in [2.75, 3.05) is 11.5 Å². The topological polar surface area (TPSA) is 126 Å². The molecule has 0 atom stereocenters. The fourth-order valence-corrected chi connectivity index (χ4v) is 1.93. The summed E-state index contributed by atoms with van der Waals surface area (Å²) in [6.45, 7) is 0. The molecule has 0 aliphatic heterocycles. The average molecular weight is 256 g/mol. The molecule has 3 aromatic rings. The minimum Gasteiger partial charge on any atom is -0.398 e. The number of aromatic amines is 2. The van der Waals surface area contributed by atoms with Crippen LogP contribution in [0.1, 0.15) is 11.4 Å². The summed E-state index contributed by atoms with van der Waals surface area (Å²) < 4.78 is 0. The standard InChI is InChI=1S/C12H12N6O/c13-7-4-2-1-3-6(7)5-8-15-9-10(16-8)17-12(14)18-11(9)19/h1-4H,5,13H2,(H4,14,15,16,17,18,19).